The highest BCUT2D eigenvalue weighted by Crippen LogP contribution is 2.33. The maximum atomic E-state index is 12.7. The Bertz CT molecular complexity index is 933. The summed E-state index contributed by atoms with van der Waals surface area (Å²) in [6, 6.07) is 11.9. The second-order valence-electron chi connectivity index (χ2n) is 7.17. The van der Waals surface area contributed by atoms with Gasteiger partial charge in [0.1, 0.15) is 11.4 Å². The fourth-order valence-electron chi connectivity index (χ4n) is 2.72. The van der Waals surface area contributed by atoms with Gasteiger partial charge in [0.15, 0.2) is 11.5 Å². The number of carbonyl (C=O) groups is 2. The predicted octanol–water partition coefficient (Wildman–Crippen LogP) is 3.78. The van der Waals surface area contributed by atoms with Crippen LogP contribution in [0.4, 0.5) is 0 Å². The van der Waals surface area contributed by atoms with E-state index in [2.05, 4.69) is 5.32 Å². The van der Waals surface area contributed by atoms with Crippen LogP contribution < -0.4 is 19.5 Å². The van der Waals surface area contributed by atoms with Gasteiger partial charge in [-0.25, -0.2) is 4.79 Å². The van der Waals surface area contributed by atoms with Crippen LogP contribution in [0.2, 0.25) is 0 Å². The lowest BCUT2D eigenvalue weighted by Crippen LogP contribution is -2.28. The van der Waals surface area contributed by atoms with Gasteiger partial charge in [-0.3, -0.25) is 4.79 Å². The van der Waals surface area contributed by atoms with E-state index >= 15 is 0 Å². The van der Waals surface area contributed by atoms with Gasteiger partial charge in [0.05, 0.1) is 13.7 Å². The van der Waals surface area contributed by atoms with Crippen molar-refractivity contribution in [1.29, 1.82) is 0 Å². The molecule has 2 aromatic carbocycles. The van der Waals surface area contributed by atoms with Crippen LogP contribution in [-0.2, 0) is 9.53 Å². The minimum atomic E-state index is -0.602. The number of nitrogens with one attached hydrogen (secondary N) is 1. The molecule has 30 heavy (non-hydrogen) atoms. The fraction of sp³-hybridized carbons (Fsp3) is 0.304. The fourth-order valence-corrected chi connectivity index (χ4v) is 2.72. The molecule has 3 rings (SSSR count). The van der Waals surface area contributed by atoms with E-state index in [1.807, 2.05) is 13.8 Å². The van der Waals surface area contributed by atoms with Crippen LogP contribution in [0.5, 0.6) is 17.2 Å². The molecule has 0 unspecified atom stereocenters. The summed E-state index contributed by atoms with van der Waals surface area (Å²) in [7, 11) is 1.55. The second-order valence-corrected chi connectivity index (χ2v) is 7.17. The molecule has 158 valence electrons. The van der Waals surface area contributed by atoms with Gasteiger partial charge < -0.3 is 24.3 Å². The van der Waals surface area contributed by atoms with E-state index in [0.29, 0.717) is 34.3 Å². The number of hydrogen-bond acceptors (Lipinski definition) is 6. The van der Waals surface area contributed by atoms with Crippen LogP contribution in [-0.4, -0.2) is 32.4 Å². The standard InChI is InChI=1S/C23H25NO6/c1-15(2)10-11-28-23(26)19(12-16-4-9-20-21(13-16)30-14-29-20)24-22(25)17-5-7-18(27-3)8-6-17/h4-9,12-13,15H,10-11,14H2,1-3H3,(H,24,25). The molecule has 0 radical (unpaired) electrons. The minimum Gasteiger partial charge on any atom is -0.497 e. The number of rotatable bonds is 8. The summed E-state index contributed by atoms with van der Waals surface area (Å²) >= 11 is 0. The molecule has 0 saturated heterocycles. The Morgan fingerprint density at radius 1 is 1.10 bits per heavy atom. The Morgan fingerprint density at radius 2 is 1.83 bits per heavy atom. The van der Waals surface area contributed by atoms with E-state index in [0.717, 1.165) is 6.42 Å². The third-order valence-corrected chi connectivity index (χ3v) is 4.46. The normalized spacial score (nSPS) is 12.6. The lowest BCUT2D eigenvalue weighted by Gasteiger charge is -2.12. The van der Waals surface area contributed by atoms with Gasteiger partial charge in [0.25, 0.3) is 5.91 Å². The monoisotopic (exact) mass is 411 g/mol. The number of fused-ring (bicyclic) bond motifs is 1. The third kappa shape index (κ3) is 5.53. The van der Waals surface area contributed by atoms with Crippen molar-refractivity contribution >= 4 is 18.0 Å². The molecule has 0 spiro atoms. The molecule has 7 heteroatoms. The highest BCUT2D eigenvalue weighted by molar-refractivity contribution is 6.03. The van der Waals surface area contributed by atoms with Crippen LogP contribution in [0.25, 0.3) is 6.08 Å². The van der Waals surface area contributed by atoms with E-state index < -0.39 is 11.9 Å². The number of carbonyl (C=O) groups excluding carboxylic acids is 2. The first-order chi connectivity index (χ1) is 14.5. The number of methoxy groups -OCH3 is 1. The van der Waals surface area contributed by atoms with Crippen molar-refractivity contribution in [2.75, 3.05) is 20.5 Å². The smallest absolute Gasteiger partial charge is 0.354 e. The molecule has 0 atom stereocenters. The molecule has 0 bridgehead atoms. The van der Waals surface area contributed by atoms with Crippen LogP contribution in [0.3, 0.4) is 0 Å². The first-order valence-corrected chi connectivity index (χ1v) is 9.70. The zero-order chi connectivity index (χ0) is 21.5. The van der Waals surface area contributed by atoms with Gasteiger partial charge in [-0.2, -0.15) is 0 Å². The molecule has 2 aromatic rings. The van der Waals surface area contributed by atoms with Gasteiger partial charge >= 0.3 is 5.97 Å². The maximum Gasteiger partial charge on any atom is 0.354 e. The average molecular weight is 411 g/mol. The molecule has 1 heterocycles. The molecular weight excluding hydrogens is 386 g/mol. The molecule has 1 N–H and O–H groups in total. The van der Waals surface area contributed by atoms with Gasteiger partial charge in [0.2, 0.25) is 6.79 Å². The Morgan fingerprint density at radius 3 is 2.53 bits per heavy atom. The molecule has 0 saturated carbocycles. The van der Waals surface area contributed by atoms with Gasteiger partial charge in [-0.05, 0) is 60.4 Å². The van der Waals surface area contributed by atoms with E-state index in [1.165, 1.54) is 0 Å². The maximum absolute atomic E-state index is 12.7. The summed E-state index contributed by atoms with van der Waals surface area (Å²) < 4.78 is 21.1. The number of ether oxygens (including phenoxy) is 4. The van der Waals surface area contributed by atoms with Crippen LogP contribution >= 0.6 is 0 Å². The topological polar surface area (TPSA) is 83.1 Å². The average Bonchev–Trinajstić information content (AvgIpc) is 3.20. The van der Waals surface area contributed by atoms with Gasteiger partial charge in [-0.15, -0.1) is 0 Å². The van der Waals surface area contributed by atoms with Crippen molar-refractivity contribution in [2.24, 2.45) is 5.92 Å². The summed E-state index contributed by atoms with van der Waals surface area (Å²) in [5.74, 6) is 1.22. The summed E-state index contributed by atoms with van der Waals surface area (Å²) in [5.41, 5.74) is 1.10. The molecule has 1 amide bonds. The molecule has 0 aromatic heterocycles. The van der Waals surface area contributed by atoms with Crippen molar-refractivity contribution in [1.82, 2.24) is 5.32 Å². The van der Waals surface area contributed by atoms with Crippen molar-refractivity contribution in [2.45, 2.75) is 20.3 Å². The quantitative estimate of drug-likeness (QED) is 0.526. The van der Waals surface area contributed by atoms with Gasteiger partial charge in [0, 0.05) is 5.56 Å². The number of amides is 1. The number of esters is 1. The highest BCUT2D eigenvalue weighted by Gasteiger charge is 2.18. The van der Waals surface area contributed by atoms with Gasteiger partial charge in [-0.1, -0.05) is 19.9 Å². The van der Waals surface area contributed by atoms with E-state index in [1.54, 1.807) is 55.7 Å². The summed E-state index contributed by atoms with van der Waals surface area (Å²) in [4.78, 5) is 25.3. The molecule has 0 aliphatic carbocycles. The summed E-state index contributed by atoms with van der Waals surface area (Å²) in [6.07, 6.45) is 2.29. The van der Waals surface area contributed by atoms with Crippen LogP contribution in [0.1, 0.15) is 36.2 Å². The second kappa shape index (κ2) is 9.82. The van der Waals surface area contributed by atoms with Crippen LogP contribution in [0, 0.1) is 5.92 Å². The molecule has 1 aliphatic heterocycles. The predicted molar refractivity (Wildman–Crippen MR) is 111 cm³/mol. The minimum absolute atomic E-state index is 0.0402. The zero-order valence-corrected chi connectivity index (χ0v) is 17.3. The zero-order valence-electron chi connectivity index (χ0n) is 17.3. The molecule has 1 aliphatic rings. The van der Waals surface area contributed by atoms with Crippen molar-refractivity contribution < 1.29 is 28.5 Å². The molecule has 7 nitrogen and oxygen atoms in total. The lowest BCUT2D eigenvalue weighted by atomic mass is 10.1. The lowest BCUT2D eigenvalue weighted by molar-refractivity contribution is -0.139. The van der Waals surface area contributed by atoms with Crippen LogP contribution in [0.15, 0.2) is 48.2 Å². The first-order valence-electron chi connectivity index (χ1n) is 9.70. The van der Waals surface area contributed by atoms with E-state index in [-0.39, 0.29) is 19.1 Å². The molecule has 0 fully saturated rings. The number of hydrogen-bond donors (Lipinski definition) is 1. The van der Waals surface area contributed by atoms with E-state index in [4.69, 9.17) is 18.9 Å². The Hall–Kier alpha value is -3.48. The first kappa shape index (κ1) is 21.2. The largest absolute Gasteiger partial charge is 0.497 e. The number of benzene rings is 2. The van der Waals surface area contributed by atoms with Crippen molar-refractivity contribution in [3.63, 3.8) is 0 Å². The summed E-state index contributed by atoms with van der Waals surface area (Å²) in [5, 5.41) is 2.66. The highest BCUT2D eigenvalue weighted by atomic mass is 16.7. The van der Waals surface area contributed by atoms with Crippen molar-refractivity contribution in [3.8, 4) is 17.2 Å². The van der Waals surface area contributed by atoms with Crippen molar-refractivity contribution in [3.05, 3.63) is 59.3 Å². The third-order valence-electron chi connectivity index (χ3n) is 4.46. The Balaban J connectivity index is 1.80. The van der Waals surface area contributed by atoms with E-state index in [9.17, 15) is 9.59 Å². The SMILES string of the molecule is COc1ccc(C(=O)NC(=Cc2ccc3c(c2)OCO3)C(=O)OCCC(C)C)cc1. The Kier molecular flexibility index (Phi) is 6.95. The Labute approximate surface area is 175 Å². The summed E-state index contributed by atoms with van der Waals surface area (Å²) in [6.45, 7) is 4.51. The molecular formula is C23H25NO6.